The minimum absolute atomic E-state index is 0.255. The predicted molar refractivity (Wildman–Crippen MR) is 111 cm³/mol. The van der Waals surface area contributed by atoms with E-state index in [0.29, 0.717) is 24.6 Å². The van der Waals surface area contributed by atoms with E-state index in [9.17, 15) is 4.79 Å². The highest BCUT2D eigenvalue weighted by atomic mass is 79.9. The normalized spacial score (nSPS) is 11.0. The number of amides is 1. The average Bonchev–Trinajstić information content (AvgIpc) is 3.29. The number of nitrogens with zero attached hydrogens (tertiary/aromatic N) is 3. The van der Waals surface area contributed by atoms with Crippen molar-refractivity contribution in [1.29, 1.82) is 0 Å². The van der Waals surface area contributed by atoms with E-state index >= 15 is 0 Å². The van der Waals surface area contributed by atoms with Crippen molar-refractivity contribution in [3.63, 3.8) is 0 Å². The monoisotopic (exact) mass is 446 g/mol. The van der Waals surface area contributed by atoms with Crippen LogP contribution in [0, 0.1) is 0 Å². The highest BCUT2D eigenvalue weighted by Crippen LogP contribution is 2.18. The molecule has 0 radical (unpaired) electrons. The van der Waals surface area contributed by atoms with Crippen molar-refractivity contribution in [2.24, 2.45) is 0 Å². The summed E-state index contributed by atoms with van der Waals surface area (Å²) >= 11 is 3.35. The number of aromatic nitrogens is 2. The van der Waals surface area contributed by atoms with E-state index < -0.39 is 0 Å². The molecule has 28 heavy (non-hydrogen) atoms. The molecule has 2 aromatic heterocycles. The molecule has 0 bridgehead atoms. The summed E-state index contributed by atoms with van der Waals surface area (Å²) in [4.78, 5) is 14.5. The summed E-state index contributed by atoms with van der Waals surface area (Å²) < 4.78 is 13.9. The van der Waals surface area contributed by atoms with Crippen molar-refractivity contribution in [1.82, 2.24) is 14.7 Å². The predicted octanol–water partition coefficient (Wildman–Crippen LogP) is 3.87. The quantitative estimate of drug-likeness (QED) is 0.505. The van der Waals surface area contributed by atoms with Crippen LogP contribution in [0.2, 0.25) is 0 Å². The van der Waals surface area contributed by atoms with Gasteiger partial charge in [-0.25, -0.2) is 0 Å². The second-order valence-corrected chi connectivity index (χ2v) is 7.52. The Bertz CT molecular complexity index is 902. The van der Waals surface area contributed by atoms with Crippen molar-refractivity contribution in [3.8, 4) is 5.75 Å². The lowest BCUT2D eigenvalue weighted by Gasteiger charge is -2.10. The summed E-state index contributed by atoms with van der Waals surface area (Å²) in [6, 6.07) is 10.7. The number of hydrogen-bond donors (Lipinski definition) is 1. The van der Waals surface area contributed by atoms with E-state index in [1.165, 1.54) is 0 Å². The van der Waals surface area contributed by atoms with E-state index in [0.717, 1.165) is 23.2 Å². The number of carbonyl (C=O) groups is 1. The molecule has 1 amide bonds. The lowest BCUT2D eigenvalue weighted by Crippen LogP contribution is -2.15. The second-order valence-electron chi connectivity index (χ2n) is 6.61. The third kappa shape index (κ3) is 5.97. The lowest BCUT2D eigenvalue weighted by molar-refractivity contribution is 0.0994. The molecule has 0 saturated heterocycles. The van der Waals surface area contributed by atoms with Gasteiger partial charge in [0.15, 0.2) is 5.76 Å². The molecule has 3 rings (SSSR count). The van der Waals surface area contributed by atoms with Crippen LogP contribution in [-0.2, 0) is 6.54 Å². The molecule has 1 N–H and O–H groups in total. The van der Waals surface area contributed by atoms with Crippen molar-refractivity contribution >= 4 is 27.5 Å². The number of carbonyl (C=O) groups excluding carboxylic acids is 1. The van der Waals surface area contributed by atoms with Crippen LogP contribution in [-0.4, -0.2) is 47.8 Å². The zero-order chi connectivity index (χ0) is 19.9. The van der Waals surface area contributed by atoms with Gasteiger partial charge in [0.1, 0.15) is 11.5 Å². The van der Waals surface area contributed by atoms with Gasteiger partial charge in [-0.2, -0.15) is 5.10 Å². The van der Waals surface area contributed by atoms with E-state index in [4.69, 9.17) is 9.15 Å². The van der Waals surface area contributed by atoms with Crippen LogP contribution in [0.5, 0.6) is 5.75 Å². The SMILES string of the molecule is CN(C)CCCOc1ccc(NC(=O)c2ccc(Cn3cc(Br)cn3)o2)cc1. The molecule has 7 nitrogen and oxygen atoms in total. The van der Waals surface area contributed by atoms with Crippen molar-refractivity contribution in [3.05, 3.63) is 64.8 Å². The molecular formula is C20H23BrN4O3. The molecule has 0 aliphatic carbocycles. The first-order valence-electron chi connectivity index (χ1n) is 8.95. The van der Waals surface area contributed by atoms with Gasteiger partial charge < -0.3 is 19.4 Å². The Morgan fingerprint density at radius 2 is 2.04 bits per heavy atom. The summed E-state index contributed by atoms with van der Waals surface area (Å²) in [6.07, 6.45) is 4.50. The molecule has 0 fully saturated rings. The summed E-state index contributed by atoms with van der Waals surface area (Å²) in [6.45, 7) is 2.10. The van der Waals surface area contributed by atoms with Crippen LogP contribution < -0.4 is 10.1 Å². The number of rotatable bonds is 9. The average molecular weight is 447 g/mol. The number of nitrogens with one attached hydrogen (secondary N) is 1. The highest BCUT2D eigenvalue weighted by Gasteiger charge is 2.12. The molecule has 3 aromatic rings. The number of halogens is 1. The molecule has 0 saturated carbocycles. The van der Waals surface area contributed by atoms with Crippen LogP contribution in [0.1, 0.15) is 22.7 Å². The number of hydrogen-bond acceptors (Lipinski definition) is 5. The van der Waals surface area contributed by atoms with Crippen LogP contribution in [0.4, 0.5) is 5.69 Å². The Labute approximate surface area is 172 Å². The van der Waals surface area contributed by atoms with Crippen molar-refractivity contribution in [2.45, 2.75) is 13.0 Å². The summed E-state index contributed by atoms with van der Waals surface area (Å²) in [5.74, 6) is 1.39. The number of benzene rings is 1. The molecule has 0 spiro atoms. The van der Waals surface area contributed by atoms with E-state index in [1.807, 2.05) is 44.6 Å². The summed E-state index contributed by atoms with van der Waals surface area (Å²) in [7, 11) is 4.08. The summed E-state index contributed by atoms with van der Waals surface area (Å²) in [5.41, 5.74) is 0.680. The standard InChI is InChI=1S/C20H23BrN4O3/c1-24(2)10-3-11-27-17-6-4-16(5-7-17)23-20(26)19-9-8-18(28-19)14-25-13-15(21)12-22-25/h4-9,12-13H,3,10-11,14H2,1-2H3,(H,23,26). The fourth-order valence-electron chi connectivity index (χ4n) is 2.57. The molecule has 8 heteroatoms. The molecule has 1 aromatic carbocycles. The topological polar surface area (TPSA) is 72.5 Å². The van der Waals surface area contributed by atoms with Gasteiger partial charge >= 0.3 is 0 Å². The largest absolute Gasteiger partial charge is 0.494 e. The van der Waals surface area contributed by atoms with Gasteiger partial charge in [0.25, 0.3) is 5.91 Å². The Balaban J connectivity index is 1.50. The first kappa shape index (κ1) is 20.2. The third-order valence-electron chi connectivity index (χ3n) is 3.94. The van der Waals surface area contributed by atoms with Gasteiger partial charge in [-0.15, -0.1) is 0 Å². The Kier molecular flexibility index (Phi) is 6.89. The van der Waals surface area contributed by atoms with E-state index in [-0.39, 0.29) is 11.7 Å². The smallest absolute Gasteiger partial charge is 0.291 e. The fraction of sp³-hybridized carbons (Fsp3) is 0.300. The first-order chi connectivity index (χ1) is 13.5. The van der Waals surface area contributed by atoms with Crippen LogP contribution in [0.15, 0.2) is 57.7 Å². The molecule has 148 valence electrons. The van der Waals surface area contributed by atoms with Gasteiger partial charge in [-0.05, 0) is 72.8 Å². The van der Waals surface area contributed by atoms with Crippen molar-refractivity contribution in [2.75, 3.05) is 32.6 Å². The Morgan fingerprint density at radius 3 is 2.71 bits per heavy atom. The Hall–Kier alpha value is -2.58. The third-order valence-corrected chi connectivity index (χ3v) is 4.35. The zero-order valence-corrected chi connectivity index (χ0v) is 17.5. The van der Waals surface area contributed by atoms with Crippen LogP contribution in [0.3, 0.4) is 0 Å². The lowest BCUT2D eigenvalue weighted by atomic mass is 10.3. The fourth-order valence-corrected chi connectivity index (χ4v) is 2.90. The minimum atomic E-state index is -0.299. The molecule has 2 heterocycles. The molecule has 0 aliphatic heterocycles. The maximum Gasteiger partial charge on any atom is 0.291 e. The maximum atomic E-state index is 12.4. The molecule has 0 unspecified atom stereocenters. The Morgan fingerprint density at radius 1 is 1.25 bits per heavy atom. The van der Waals surface area contributed by atoms with Gasteiger partial charge in [0.05, 0.1) is 23.8 Å². The number of anilines is 1. The zero-order valence-electron chi connectivity index (χ0n) is 15.9. The van der Waals surface area contributed by atoms with E-state index in [2.05, 4.69) is 31.2 Å². The van der Waals surface area contributed by atoms with Crippen LogP contribution in [0.25, 0.3) is 0 Å². The molecular weight excluding hydrogens is 424 g/mol. The van der Waals surface area contributed by atoms with Gasteiger partial charge in [-0.1, -0.05) is 0 Å². The number of ether oxygens (including phenoxy) is 1. The minimum Gasteiger partial charge on any atom is -0.494 e. The van der Waals surface area contributed by atoms with Crippen LogP contribution >= 0.6 is 15.9 Å². The molecule has 0 atom stereocenters. The second kappa shape index (κ2) is 9.57. The maximum absolute atomic E-state index is 12.4. The van der Waals surface area contributed by atoms with Gasteiger partial charge in [-0.3, -0.25) is 9.48 Å². The van der Waals surface area contributed by atoms with Crippen molar-refractivity contribution < 1.29 is 13.9 Å². The van der Waals surface area contributed by atoms with E-state index in [1.54, 1.807) is 23.0 Å². The highest BCUT2D eigenvalue weighted by molar-refractivity contribution is 9.10. The van der Waals surface area contributed by atoms with Gasteiger partial charge in [0, 0.05) is 18.4 Å². The summed E-state index contributed by atoms with van der Waals surface area (Å²) in [5, 5.41) is 7.00. The molecule has 0 aliphatic rings. The first-order valence-corrected chi connectivity index (χ1v) is 9.74. The van der Waals surface area contributed by atoms with Gasteiger partial charge in [0.2, 0.25) is 0 Å². The number of furan rings is 1.